The first-order valence-corrected chi connectivity index (χ1v) is 6.15. The van der Waals surface area contributed by atoms with E-state index < -0.39 is 5.97 Å². The van der Waals surface area contributed by atoms with Crippen molar-refractivity contribution < 1.29 is 14.6 Å². The van der Waals surface area contributed by atoms with Crippen LogP contribution in [0.1, 0.15) is 31.4 Å². The van der Waals surface area contributed by atoms with Crippen molar-refractivity contribution >= 4 is 12.0 Å². The van der Waals surface area contributed by atoms with Crippen LogP contribution >= 0.6 is 0 Å². The monoisotopic (exact) mass is 248 g/mol. The van der Waals surface area contributed by atoms with Crippen LogP contribution in [0, 0.1) is 5.92 Å². The summed E-state index contributed by atoms with van der Waals surface area (Å²) in [5.74, 6) is -0.273. The van der Waals surface area contributed by atoms with Gasteiger partial charge in [0.15, 0.2) is 0 Å². The van der Waals surface area contributed by atoms with Crippen LogP contribution in [-0.4, -0.2) is 17.7 Å². The summed E-state index contributed by atoms with van der Waals surface area (Å²) in [6.45, 7) is 5.73. The standard InChI is InChI=1S/C15H20O3/c1-12(2)9-10-18-11-14-5-3-13(4-6-14)7-8-15(16)17/h3-8,12H,9-11H2,1-2H3,(H,16,17)/b8-7+. The van der Waals surface area contributed by atoms with Crippen LogP contribution in [0.4, 0.5) is 0 Å². The fraction of sp³-hybridized carbons (Fsp3) is 0.400. The van der Waals surface area contributed by atoms with Crippen LogP contribution in [0.3, 0.4) is 0 Å². The molecule has 0 heterocycles. The topological polar surface area (TPSA) is 46.5 Å². The van der Waals surface area contributed by atoms with Gasteiger partial charge in [-0.25, -0.2) is 4.79 Å². The molecule has 0 unspecified atom stereocenters. The molecule has 0 aromatic heterocycles. The van der Waals surface area contributed by atoms with Crippen LogP contribution in [0.2, 0.25) is 0 Å². The summed E-state index contributed by atoms with van der Waals surface area (Å²) in [5.41, 5.74) is 1.98. The van der Waals surface area contributed by atoms with E-state index in [2.05, 4.69) is 13.8 Å². The number of benzene rings is 1. The van der Waals surface area contributed by atoms with E-state index in [-0.39, 0.29) is 0 Å². The van der Waals surface area contributed by atoms with Gasteiger partial charge in [-0.3, -0.25) is 0 Å². The smallest absolute Gasteiger partial charge is 0.328 e. The Morgan fingerprint density at radius 1 is 1.33 bits per heavy atom. The van der Waals surface area contributed by atoms with Crippen LogP contribution in [-0.2, 0) is 16.1 Å². The third kappa shape index (κ3) is 6.21. The lowest BCUT2D eigenvalue weighted by atomic mass is 10.1. The van der Waals surface area contributed by atoms with Gasteiger partial charge in [0.2, 0.25) is 0 Å². The molecule has 3 heteroatoms. The Balaban J connectivity index is 2.38. The number of ether oxygens (including phenoxy) is 1. The average molecular weight is 248 g/mol. The zero-order chi connectivity index (χ0) is 13.4. The van der Waals surface area contributed by atoms with Crippen molar-refractivity contribution in [2.24, 2.45) is 5.92 Å². The Morgan fingerprint density at radius 3 is 2.56 bits per heavy atom. The van der Waals surface area contributed by atoms with E-state index in [1.54, 1.807) is 6.08 Å². The fourth-order valence-corrected chi connectivity index (χ4v) is 1.40. The average Bonchev–Trinajstić information content (AvgIpc) is 2.33. The lowest BCUT2D eigenvalue weighted by Crippen LogP contribution is -1.99. The number of hydrogen-bond donors (Lipinski definition) is 1. The van der Waals surface area contributed by atoms with Crippen LogP contribution < -0.4 is 0 Å². The van der Waals surface area contributed by atoms with E-state index in [1.807, 2.05) is 24.3 Å². The fourth-order valence-electron chi connectivity index (χ4n) is 1.40. The van der Waals surface area contributed by atoms with Gasteiger partial charge in [-0.05, 0) is 29.5 Å². The third-order valence-corrected chi connectivity index (χ3v) is 2.51. The highest BCUT2D eigenvalue weighted by Gasteiger charge is 1.96. The first-order chi connectivity index (χ1) is 8.58. The molecular weight excluding hydrogens is 228 g/mol. The van der Waals surface area contributed by atoms with Gasteiger partial charge in [0.05, 0.1) is 6.61 Å². The van der Waals surface area contributed by atoms with Gasteiger partial charge in [0, 0.05) is 12.7 Å². The summed E-state index contributed by atoms with van der Waals surface area (Å²) in [6, 6.07) is 7.69. The number of carbonyl (C=O) groups is 1. The van der Waals surface area contributed by atoms with E-state index in [9.17, 15) is 4.79 Å². The molecule has 0 bridgehead atoms. The molecule has 0 atom stereocenters. The Hall–Kier alpha value is -1.61. The molecule has 98 valence electrons. The molecule has 0 amide bonds. The van der Waals surface area contributed by atoms with E-state index in [0.717, 1.165) is 30.2 Å². The zero-order valence-corrected chi connectivity index (χ0v) is 10.9. The molecule has 18 heavy (non-hydrogen) atoms. The summed E-state index contributed by atoms with van der Waals surface area (Å²) in [6.07, 6.45) is 3.78. The summed E-state index contributed by atoms with van der Waals surface area (Å²) >= 11 is 0. The molecule has 0 aliphatic rings. The summed E-state index contributed by atoms with van der Waals surface area (Å²) in [7, 11) is 0. The zero-order valence-electron chi connectivity index (χ0n) is 10.9. The Bertz CT molecular complexity index is 391. The largest absolute Gasteiger partial charge is 0.478 e. The number of carboxylic acid groups (broad SMARTS) is 1. The maximum absolute atomic E-state index is 10.4. The van der Waals surface area contributed by atoms with Gasteiger partial charge in [0.1, 0.15) is 0 Å². The lowest BCUT2D eigenvalue weighted by Gasteiger charge is -2.06. The van der Waals surface area contributed by atoms with Crippen molar-refractivity contribution in [1.29, 1.82) is 0 Å². The van der Waals surface area contributed by atoms with Crippen LogP contribution in [0.15, 0.2) is 30.3 Å². The predicted octanol–water partition coefficient (Wildman–Crippen LogP) is 3.35. The minimum absolute atomic E-state index is 0.607. The summed E-state index contributed by atoms with van der Waals surface area (Å²) in [4.78, 5) is 10.4. The van der Waals surface area contributed by atoms with E-state index in [0.29, 0.717) is 12.5 Å². The second-order valence-corrected chi connectivity index (χ2v) is 4.65. The molecule has 0 aliphatic heterocycles. The molecule has 1 aromatic carbocycles. The van der Waals surface area contributed by atoms with Crippen molar-refractivity contribution in [2.75, 3.05) is 6.61 Å². The number of aliphatic carboxylic acids is 1. The van der Waals surface area contributed by atoms with Gasteiger partial charge >= 0.3 is 5.97 Å². The molecule has 0 radical (unpaired) electrons. The SMILES string of the molecule is CC(C)CCOCc1ccc(/C=C/C(=O)O)cc1. The Morgan fingerprint density at radius 2 is 2.00 bits per heavy atom. The van der Waals surface area contributed by atoms with E-state index in [4.69, 9.17) is 9.84 Å². The molecule has 1 rings (SSSR count). The molecule has 0 saturated heterocycles. The molecule has 3 nitrogen and oxygen atoms in total. The molecule has 0 fully saturated rings. The lowest BCUT2D eigenvalue weighted by molar-refractivity contribution is -0.131. The van der Waals surface area contributed by atoms with E-state index in [1.165, 1.54) is 0 Å². The minimum Gasteiger partial charge on any atom is -0.478 e. The van der Waals surface area contributed by atoms with Crippen molar-refractivity contribution in [3.8, 4) is 0 Å². The number of hydrogen-bond acceptors (Lipinski definition) is 2. The highest BCUT2D eigenvalue weighted by Crippen LogP contribution is 2.08. The van der Waals surface area contributed by atoms with Gasteiger partial charge in [0.25, 0.3) is 0 Å². The highest BCUT2D eigenvalue weighted by atomic mass is 16.5. The molecule has 0 aliphatic carbocycles. The Labute approximate surface area is 108 Å². The number of carboxylic acids is 1. The van der Waals surface area contributed by atoms with Crippen molar-refractivity contribution in [2.45, 2.75) is 26.9 Å². The van der Waals surface area contributed by atoms with Crippen molar-refractivity contribution in [3.05, 3.63) is 41.5 Å². The predicted molar refractivity (Wildman–Crippen MR) is 72.2 cm³/mol. The van der Waals surface area contributed by atoms with Gasteiger partial charge in [-0.1, -0.05) is 38.1 Å². The van der Waals surface area contributed by atoms with E-state index >= 15 is 0 Å². The molecule has 1 N–H and O–H groups in total. The molecule has 1 aromatic rings. The maximum atomic E-state index is 10.4. The van der Waals surface area contributed by atoms with Gasteiger partial charge in [-0.15, -0.1) is 0 Å². The molecule has 0 spiro atoms. The summed E-state index contributed by atoms with van der Waals surface area (Å²) in [5, 5.41) is 8.51. The highest BCUT2D eigenvalue weighted by molar-refractivity contribution is 5.85. The second-order valence-electron chi connectivity index (χ2n) is 4.65. The van der Waals surface area contributed by atoms with Gasteiger partial charge in [-0.2, -0.15) is 0 Å². The minimum atomic E-state index is -0.934. The first kappa shape index (κ1) is 14.5. The molecular formula is C15H20O3. The van der Waals surface area contributed by atoms with Crippen LogP contribution in [0.5, 0.6) is 0 Å². The van der Waals surface area contributed by atoms with Gasteiger partial charge < -0.3 is 9.84 Å². The summed E-state index contributed by atoms with van der Waals surface area (Å²) < 4.78 is 5.56. The second kappa shape index (κ2) is 7.67. The van der Waals surface area contributed by atoms with Crippen LogP contribution in [0.25, 0.3) is 6.08 Å². The maximum Gasteiger partial charge on any atom is 0.328 e. The third-order valence-electron chi connectivity index (χ3n) is 2.51. The first-order valence-electron chi connectivity index (χ1n) is 6.15. The number of rotatable bonds is 7. The van der Waals surface area contributed by atoms with Crippen molar-refractivity contribution in [1.82, 2.24) is 0 Å². The Kier molecular flexibility index (Phi) is 6.15. The van der Waals surface area contributed by atoms with Crippen molar-refractivity contribution in [3.63, 3.8) is 0 Å². The molecule has 0 saturated carbocycles. The quantitative estimate of drug-likeness (QED) is 0.594. The normalized spacial score (nSPS) is 11.3.